The van der Waals surface area contributed by atoms with Crippen molar-refractivity contribution in [3.05, 3.63) is 35.1 Å². The van der Waals surface area contributed by atoms with E-state index in [1.54, 1.807) is 0 Å². The molecular formula is C9H6BrFN4. The molecular weight excluding hydrogens is 263 g/mol. The number of nitrogens with zero attached hydrogens (tertiary/aromatic N) is 3. The van der Waals surface area contributed by atoms with Crippen LogP contribution >= 0.6 is 15.9 Å². The van der Waals surface area contributed by atoms with Crippen LogP contribution in [0, 0.1) is 5.82 Å². The van der Waals surface area contributed by atoms with Crippen molar-refractivity contribution in [1.29, 1.82) is 0 Å². The molecule has 4 nitrogen and oxygen atoms in total. The molecule has 6 heteroatoms. The maximum atomic E-state index is 12.9. The Morgan fingerprint density at radius 3 is 2.73 bits per heavy atom. The van der Waals surface area contributed by atoms with Gasteiger partial charge in [-0.2, -0.15) is 0 Å². The fourth-order valence-electron chi connectivity index (χ4n) is 1.07. The average molecular weight is 269 g/mol. The van der Waals surface area contributed by atoms with Gasteiger partial charge in [0.2, 0.25) is 0 Å². The molecule has 0 unspecified atom stereocenters. The molecule has 2 aromatic heterocycles. The van der Waals surface area contributed by atoms with Crippen molar-refractivity contribution in [2.24, 2.45) is 0 Å². The van der Waals surface area contributed by atoms with Crippen LogP contribution in [0.1, 0.15) is 0 Å². The van der Waals surface area contributed by atoms with Crippen LogP contribution in [0.5, 0.6) is 0 Å². The van der Waals surface area contributed by atoms with Gasteiger partial charge in [0, 0.05) is 11.8 Å². The summed E-state index contributed by atoms with van der Waals surface area (Å²) in [5, 5.41) is 0. The van der Waals surface area contributed by atoms with E-state index in [1.807, 2.05) is 0 Å². The number of anilines is 1. The van der Waals surface area contributed by atoms with Crippen molar-refractivity contribution in [3.63, 3.8) is 0 Å². The molecule has 0 bridgehead atoms. The van der Waals surface area contributed by atoms with E-state index in [2.05, 4.69) is 30.9 Å². The molecule has 0 saturated heterocycles. The van der Waals surface area contributed by atoms with E-state index in [9.17, 15) is 4.39 Å². The van der Waals surface area contributed by atoms with Crippen LogP contribution in [0.4, 0.5) is 10.2 Å². The van der Waals surface area contributed by atoms with Crippen LogP contribution in [-0.4, -0.2) is 15.0 Å². The largest absolute Gasteiger partial charge is 0.381 e. The van der Waals surface area contributed by atoms with Crippen molar-refractivity contribution in [3.8, 4) is 11.3 Å². The second-order valence-electron chi connectivity index (χ2n) is 2.82. The fraction of sp³-hybridized carbons (Fsp3) is 0. The maximum absolute atomic E-state index is 12.9. The molecule has 0 saturated carbocycles. The van der Waals surface area contributed by atoms with E-state index >= 15 is 0 Å². The molecule has 0 radical (unpaired) electrons. The zero-order chi connectivity index (χ0) is 10.8. The Labute approximate surface area is 93.5 Å². The minimum Gasteiger partial charge on any atom is -0.381 e. The van der Waals surface area contributed by atoms with E-state index in [-0.39, 0.29) is 0 Å². The van der Waals surface area contributed by atoms with Crippen LogP contribution in [0.15, 0.2) is 29.3 Å². The molecule has 0 aromatic carbocycles. The van der Waals surface area contributed by atoms with E-state index in [0.717, 1.165) is 6.20 Å². The molecule has 15 heavy (non-hydrogen) atoms. The van der Waals surface area contributed by atoms with Gasteiger partial charge in [0.15, 0.2) is 5.82 Å². The summed E-state index contributed by atoms with van der Waals surface area (Å²) in [6.45, 7) is 0. The SMILES string of the molecule is Nc1ncc(-c2cncc(F)c2)nc1Br. The molecule has 2 N–H and O–H groups in total. The second-order valence-corrected chi connectivity index (χ2v) is 3.57. The summed E-state index contributed by atoms with van der Waals surface area (Å²) < 4.78 is 13.3. The van der Waals surface area contributed by atoms with E-state index in [1.165, 1.54) is 18.5 Å². The minimum absolute atomic E-state index is 0.295. The molecule has 0 spiro atoms. The summed E-state index contributed by atoms with van der Waals surface area (Å²) in [6, 6.07) is 1.33. The number of hydrogen-bond donors (Lipinski definition) is 1. The highest BCUT2D eigenvalue weighted by atomic mass is 79.9. The smallest absolute Gasteiger partial charge is 0.156 e. The average Bonchev–Trinajstić information content (AvgIpc) is 2.22. The third-order valence-corrected chi connectivity index (χ3v) is 2.34. The number of hydrogen-bond acceptors (Lipinski definition) is 4. The highest BCUT2D eigenvalue weighted by Gasteiger charge is 2.05. The lowest BCUT2D eigenvalue weighted by Crippen LogP contribution is -1.96. The van der Waals surface area contributed by atoms with E-state index < -0.39 is 5.82 Å². The molecule has 2 aromatic rings. The molecule has 76 valence electrons. The Balaban J connectivity index is 2.50. The van der Waals surface area contributed by atoms with Crippen molar-refractivity contribution >= 4 is 21.7 Å². The standard InChI is InChI=1S/C9H6BrFN4/c10-8-9(12)14-4-7(15-8)5-1-6(11)3-13-2-5/h1-4H,(H2,12,14). The van der Waals surface area contributed by atoms with Crippen LogP contribution in [0.25, 0.3) is 11.3 Å². The number of aromatic nitrogens is 3. The van der Waals surface area contributed by atoms with Gasteiger partial charge in [-0.1, -0.05) is 0 Å². The first-order valence-corrected chi connectivity index (χ1v) is 4.85. The number of rotatable bonds is 1. The summed E-state index contributed by atoms with van der Waals surface area (Å²) in [4.78, 5) is 11.7. The van der Waals surface area contributed by atoms with Gasteiger partial charge in [0.05, 0.1) is 18.1 Å². The highest BCUT2D eigenvalue weighted by Crippen LogP contribution is 2.20. The summed E-state index contributed by atoms with van der Waals surface area (Å²) >= 11 is 3.15. The summed E-state index contributed by atoms with van der Waals surface area (Å²) in [6.07, 6.45) is 4.11. The molecule has 0 fully saturated rings. The summed E-state index contributed by atoms with van der Waals surface area (Å²) in [5.41, 5.74) is 6.56. The third-order valence-electron chi connectivity index (χ3n) is 1.76. The van der Waals surface area contributed by atoms with Gasteiger partial charge in [-0.05, 0) is 22.0 Å². The number of nitrogens with two attached hydrogens (primary N) is 1. The Hall–Kier alpha value is -1.56. The van der Waals surface area contributed by atoms with Crippen molar-refractivity contribution in [2.45, 2.75) is 0 Å². The van der Waals surface area contributed by atoms with Crippen LogP contribution in [0.2, 0.25) is 0 Å². The second kappa shape index (κ2) is 3.90. The van der Waals surface area contributed by atoms with Crippen LogP contribution < -0.4 is 5.73 Å². The molecule has 0 atom stereocenters. The Kier molecular flexibility index (Phi) is 2.59. The summed E-state index contributed by atoms with van der Waals surface area (Å²) in [5.74, 6) is -0.120. The lowest BCUT2D eigenvalue weighted by atomic mass is 10.2. The molecule has 2 rings (SSSR count). The van der Waals surface area contributed by atoms with Gasteiger partial charge in [0.25, 0.3) is 0 Å². The first kappa shape index (κ1) is 9.97. The molecule has 2 heterocycles. The van der Waals surface area contributed by atoms with E-state index in [4.69, 9.17) is 5.73 Å². The quantitative estimate of drug-likeness (QED) is 0.860. The lowest BCUT2D eigenvalue weighted by Gasteiger charge is -2.01. The predicted octanol–water partition coefficient (Wildman–Crippen LogP) is 2.02. The van der Waals surface area contributed by atoms with Gasteiger partial charge < -0.3 is 5.73 Å². The van der Waals surface area contributed by atoms with Crippen molar-refractivity contribution in [1.82, 2.24) is 15.0 Å². The Bertz CT molecular complexity index is 503. The van der Waals surface area contributed by atoms with Crippen molar-refractivity contribution in [2.75, 3.05) is 5.73 Å². The molecule has 0 amide bonds. The van der Waals surface area contributed by atoms with Gasteiger partial charge in [-0.25, -0.2) is 14.4 Å². The zero-order valence-electron chi connectivity index (χ0n) is 7.48. The van der Waals surface area contributed by atoms with Gasteiger partial charge >= 0.3 is 0 Å². The topological polar surface area (TPSA) is 64.7 Å². The Morgan fingerprint density at radius 1 is 1.27 bits per heavy atom. The van der Waals surface area contributed by atoms with Crippen LogP contribution in [-0.2, 0) is 0 Å². The number of nitrogen functional groups attached to an aromatic ring is 1. The highest BCUT2D eigenvalue weighted by molar-refractivity contribution is 9.10. The van der Waals surface area contributed by atoms with E-state index in [0.29, 0.717) is 21.7 Å². The molecule has 0 aliphatic rings. The van der Waals surface area contributed by atoms with Crippen LogP contribution in [0.3, 0.4) is 0 Å². The van der Waals surface area contributed by atoms with Crippen molar-refractivity contribution < 1.29 is 4.39 Å². The monoisotopic (exact) mass is 268 g/mol. The zero-order valence-corrected chi connectivity index (χ0v) is 9.07. The minimum atomic E-state index is -0.415. The Morgan fingerprint density at radius 2 is 2.07 bits per heavy atom. The predicted molar refractivity (Wildman–Crippen MR) is 57.3 cm³/mol. The van der Waals surface area contributed by atoms with Gasteiger partial charge in [0.1, 0.15) is 10.4 Å². The summed E-state index contributed by atoms with van der Waals surface area (Å²) in [7, 11) is 0. The first-order valence-electron chi connectivity index (χ1n) is 4.06. The fourth-order valence-corrected chi connectivity index (χ4v) is 1.36. The first-order chi connectivity index (χ1) is 7.16. The number of pyridine rings is 1. The lowest BCUT2D eigenvalue weighted by molar-refractivity contribution is 0.622. The molecule has 0 aliphatic heterocycles. The van der Waals surface area contributed by atoms with Gasteiger partial charge in [-0.3, -0.25) is 4.98 Å². The third kappa shape index (κ3) is 2.10. The maximum Gasteiger partial charge on any atom is 0.156 e. The number of halogens is 2. The van der Waals surface area contributed by atoms with Gasteiger partial charge in [-0.15, -0.1) is 0 Å². The molecule has 0 aliphatic carbocycles. The normalized spacial score (nSPS) is 10.3.